The van der Waals surface area contributed by atoms with Crippen molar-refractivity contribution in [1.29, 1.82) is 0 Å². The Morgan fingerprint density at radius 1 is 1.40 bits per heavy atom. The van der Waals surface area contributed by atoms with Crippen LogP contribution in [0, 0.1) is 0 Å². The fourth-order valence-electron chi connectivity index (χ4n) is 1.84. The lowest BCUT2D eigenvalue weighted by Gasteiger charge is -2.28. The van der Waals surface area contributed by atoms with Crippen LogP contribution in [0.3, 0.4) is 0 Å². The molecule has 2 rings (SSSR count). The van der Waals surface area contributed by atoms with Gasteiger partial charge in [0, 0.05) is 13.1 Å². The highest BCUT2D eigenvalue weighted by atomic mass is 32.2. The van der Waals surface area contributed by atoms with E-state index < -0.39 is 10.0 Å². The molecule has 0 unspecified atom stereocenters. The summed E-state index contributed by atoms with van der Waals surface area (Å²) in [6.45, 7) is 2.02. The summed E-state index contributed by atoms with van der Waals surface area (Å²) in [7, 11) is -1.71. The van der Waals surface area contributed by atoms with Crippen molar-refractivity contribution in [3.05, 3.63) is 29.8 Å². The molecule has 1 aromatic rings. The minimum Gasteiger partial charge on any atom is -0.360 e. The monoisotopic (exact) mass is 313 g/mol. The van der Waals surface area contributed by atoms with Crippen LogP contribution in [-0.2, 0) is 10.0 Å². The van der Waals surface area contributed by atoms with Gasteiger partial charge >= 0.3 is 0 Å². The number of benzene rings is 1. The summed E-state index contributed by atoms with van der Waals surface area (Å²) in [6.07, 6.45) is 2.34. The maximum absolute atomic E-state index is 11.2. The van der Waals surface area contributed by atoms with Crippen molar-refractivity contribution < 1.29 is 8.42 Å². The van der Waals surface area contributed by atoms with Crippen LogP contribution in [0.2, 0.25) is 0 Å². The van der Waals surface area contributed by atoms with E-state index in [1.165, 1.54) is 25.0 Å². The summed E-state index contributed by atoms with van der Waals surface area (Å²) in [4.78, 5) is 2.09. The number of rotatable bonds is 4. The topological polar surface area (TPSA) is 75.4 Å². The number of hydrogen-bond acceptors (Lipinski definition) is 3. The van der Waals surface area contributed by atoms with Gasteiger partial charge in [-0.15, -0.1) is 0 Å². The molecule has 1 atom stereocenters. The molecule has 1 aliphatic rings. The normalized spacial score (nSPS) is 16.6. The highest BCUT2D eigenvalue weighted by Crippen LogP contribution is 2.23. The van der Waals surface area contributed by atoms with Gasteiger partial charge in [0.1, 0.15) is 0 Å². The van der Waals surface area contributed by atoms with Gasteiger partial charge in [0.25, 0.3) is 0 Å². The number of nitrogens with one attached hydrogen (secondary N) is 1. The summed E-state index contributed by atoms with van der Waals surface area (Å²) >= 11 is 5.35. The molecular formula is C13H19N3O2S2. The second-order valence-corrected chi connectivity index (χ2v) is 7.07. The lowest BCUT2D eigenvalue weighted by atomic mass is 10.1. The molecule has 0 spiro atoms. The van der Waals surface area contributed by atoms with E-state index in [2.05, 4.69) is 5.32 Å². The Bertz CT molecular complexity index is 595. The van der Waals surface area contributed by atoms with Crippen LogP contribution in [0.4, 0.5) is 0 Å². The molecule has 1 aliphatic carbocycles. The Hall–Kier alpha value is -1.18. The molecule has 1 fully saturated rings. The summed E-state index contributed by atoms with van der Waals surface area (Å²) in [6, 6.07) is 7.14. The molecule has 0 saturated heterocycles. The average molecular weight is 313 g/mol. The Labute approximate surface area is 125 Å². The van der Waals surface area contributed by atoms with Crippen LogP contribution in [0.5, 0.6) is 0 Å². The highest BCUT2D eigenvalue weighted by Gasteiger charge is 2.24. The van der Waals surface area contributed by atoms with Crippen molar-refractivity contribution in [2.75, 3.05) is 7.05 Å². The van der Waals surface area contributed by atoms with Crippen molar-refractivity contribution in [3.8, 4) is 0 Å². The van der Waals surface area contributed by atoms with Gasteiger partial charge in [-0.25, -0.2) is 13.6 Å². The zero-order chi connectivity index (χ0) is 14.9. The quantitative estimate of drug-likeness (QED) is 0.821. The zero-order valence-electron chi connectivity index (χ0n) is 11.5. The molecule has 110 valence electrons. The number of nitrogens with zero attached hydrogens (tertiary/aromatic N) is 1. The van der Waals surface area contributed by atoms with Gasteiger partial charge in [0.15, 0.2) is 5.11 Å². The van der Waals surface area contributed by atoms with E-state index in [1.807, 2.05) is 18.9 Å². The minimum atomic E-state index is -3.64. The first kappa shape index (κ1) is 15.2. The first-order valence-electron chi connectivity index (χ1n) is 6.45. The highest BCUT2D eigenvalue weighted by molar-refractivity contribution is 7.89. The van der Waals surface area contributed by atoms with E-state index in [4.69, 9.17) is 17.4 Å². The molecule has 1 saturated carbocycles. The third kappa shape index (κ3) is 3.68. The van der Waals surface area contributed by atoms with Crippen molar-refractivity contribution in [2.45, 2.75) is 36.7 Å². The van der Waals surface area contributed by atoms with Crippen LogP contribution >= 0.6 is 12.2 Å². The molecule has 20 heavy (non-hydrogen) atoms. The SMILES string of the molecule is C[C@@H](c1ccc(S(N)(=O)=O)cc1)N(C)C(=S)NC1CC1. The van der Waals surface area contributed by atoms with Gasteiger partial charge in [0.2, 0.25) is 10.0 Å². The molecule has 3 N–H and O–H groups in total. The van der Waals surface area contributed by atoms with E-state index in [-0.39, 0.29) is 10.9 Å². The molecular weight excluding hydrogens is 294 g/mol. The van der Waals surface area contributed by atoms with Crippen LogP contribution in [0.15, 0.2) is 29.2 Å². The smallest absolute Gasteiger partial charge is 0.238 e. The molecule has 1 aromatic carbocycles. The molecule has 0 amide bonds. The average Bonchev–Trinajstić information content (AvgIpc) is 3.20. The summed E-state index contributed by atoms with van der Waals surface area (Å²) in [5.41, 5.74) is 0.986. The molecule has 0 heterocycles. The van der Waals surface area contributed by atoms with E-state index >= 15 is 0 Å². The Balaban J connectivity index is 2.07. The van der Waals surface area contributed by atoms with Gasteiger partial charge < -0.3 is 10.2 Å². The van der Waals surface area contributed by atoms with Crippen LogP contribution in [0.1, 0.15) is 31.4 Å². The predicted molar refractivity (Wildman–Crippen MR) is 82.7 cm³/mol. The van der Waals surface area contributed by atoms with Crippen molar-refractivity contribution in [2.24, 2.45) is 5.14 Å². The second kappa shape index (κ2) is 5.67. The van der Waals surface area contributed by atoms with Gasteiger partial charge in [-0.2, -0.15) is 0 Å². The number of sulfonamides is 1. The fourth-order valence-corrected chi connectivity index (χ4v) is 2.68. The standard InChI is InChI=1S/C13H19N3O2S2/c1-9(16(2)13(19)15-11-5-6-11)10-3-7-12(8-4-10)20(14,17)18/h3-4,7-9,11H,5-6H2,1-2H3,(H,15,19)(H2,14,17,18)/t9-/m0/s1. The Morgan fingerprint density at radius 3 is 2.40 bits per heavy atom. The minimum absolute atomic E-state index is 0.0586. The van der Waals surface area contributed by atoms with E-state index in [0.29, 0.717) is 6.04 Å². The van der Waals surface area contributed by atoms with Crippen molar-refractivity contribution in [3.63, 3.8) is 0 Å². The summed E-state index contributed by atoms with van der Waals surface area (Å²) < 4.78 is 22.4. The third-order valence-corrected chi connectivity index (χ3v) is 4.83. The van der Waals surface area contributed by atoms with Crippen LogP contribution in [0.25, 0.3) is 0 Å². The van der Waals surface area contributed by atoms with Crippen LogP contribution in [-0.4, -0.2) is 31.5 Å². The Kier molecular flexibility index (Phi) is 4.31. The van der Waals surface area contributed by atoms with Gasteiger partial charge in [-0.3, -0.25) is 0 Å². The second-order valence-electron chi connectivity index (χ2n) is 5.12. The van der Waals surface area contributed by atoms with Gasteiger partial charge in [-0.05, 0) is 49.7 Å². The maximum Gasteiger partial charge on any atom is 0.238 e. The van der Waals surface area contributed by atoms with E-state index in [0.717, 1.165) is 10.7 Å². The lowest BCUT2D eigenvalue weighted by molar-refractivity contribution is 0.395. The first-order valence-corrected chi connectivity index (χ1v) is 8.40. The number of thiocarbonyl (C=S) groups is 1. The summed E-state index contributed by atoms with van der Waals surface area (Å²) in [5.74, 6) is 0. The van der Waals surface area contributed by atoms with Gasteiger partial charge in [0.05, 0.1) is 10.9 Å². The van der Waals surface area contributed by atoms with Crippen molar-refractivity contribution >= 4 is 27.4 Å². The maximum atomic E-state index is 11.2. The Morgan fingerprint density at radius 2 is 1.95 bits per heavy atom. The summed E-state index contributed by atoms with van der Waals surface area (Å²) in [5, 5.41) is 9.08. The molecule has 5 nitrogen and oxygen atoms in total. The van der Waals surface area contributed by atoms with Gasteiger partial charge in [-0.1, -0.05) is 12.1 Å². The molecule has 0 aromatic heterocycles. The number of hydrogen-bond donors (Lipinski definition) is 2. The number of nitrogens with two attached hydrogens (primary N) is 1. The van der Waals surface area contributed by atoms with Crippen molar-refractivity contribution in [1.82, 2.24) is 10.2 Å². The fraction of sp³-hybridized carbons (Fsp3) is 0.462. The molecule has 7 heteroatoms. The molecule has 0 bridgehead atoms. The van der Waals surface area contributed by atoms with E-state index in [1.54, 1.807) is 12.1 Å². The first-order chi connectivity index (χ1) is 9.29. The number of primary sulfonamides is 1. The third-order valence-electron chi connectivity index (χ3n) is 3.50. The molecule has 0 aliphatic heterocycles. The predicted octanol–water partition coefficient (Wildman–Crippen LogP) is 1.36. The zero-order valence-corrected chi connectivity index (χ0v) is 13.2. The van der Waals surface area contributed by atoms with E-state index in [9.17, 15) is 8.42 Å². The lowest BCUT2D eigenvalue weighted by Crippen LogP contribution is -2.39. The molecule has 0 radical (unpaired) electrons. The van der Waals surface area contributed by atoms with Crippen LogP contribution < -0.4 is 10.5 Å². The largest absolute Gasteiger partial charge is 0.360 e.